The molecule has 162 valence electrons. The fourth-order valence-corrected chi connectivity index (χ4v) is 3.76. The number of amides is 1. The number of thiazole rings is 1. The molecule has 0 unspecified atom stereocenters. The lowest BCUT2D eigenvalue weighted by Crippen LogP contribution is -2.42. The van der Waals surface area contributed by atoms with E-state index in [0.717, 1.165) is 5.56 Å². The Morgan fingerprint density at radius 2 is 1.90 bits per heavy atom. The highest BCUT2D eigenvalue weighted by Gasteiger charge is 2.20. The molecule has 0 aliphatic rings. The molecule has 2 aromatic rings. The molecule has 0 saturated carbocycles. The van der Waals surface area contributed by atoms with E-state index >= 15 is 0 Å². The van der Waals surface area contributed by atoms with Crippen molar-refractivity contribution in [1.29, 1.82) is 0 Å². The van der Waals surface area contributed by atoms with Crippen molar-refractivity contribution >= 4 is 46.8 Å². The van der Waals surface area contributed by atoms with Crippen molar-refractivity contribution < 1.29 is 14.3 Å². The number of aromatic nitrogens is 1. The first-order valence-corrected chi connectivity index (χ1v) is 10.7. The maximum Gasteiger partial charge on any atom is 0.269 e. The van der Waals surface area contributed by atoms with E-state index in [4.69, 9.17) is 16.3 Å². The minimum Gasteiger partial charge on any atom is -0.383 e. The molecule has 1 atom stereocenters. The fourth-order valence-electron chi connectivity index (χ4n) is 2.59. The predicted molar refractivity (Wildman–Crippen MR) is 121 cm³/mol. The van der Waals surface area contributed by atoms with Gasteiger partial charge in [-0.2, -0.15) is 0 Å². The number of carbonyl (C=O) groups excluding carboxylic acids is 2. The third kappa shape index (κ3) is 6.65. The fraction of sp³-hybridized carbons (Fsp3) is 0.409. The van der Waals surface area contributed by atoms with Gasteiger partial charge in [0.05, 0.1) is 11.1 Å². The topological polar surface area (TPSA) is 77.4 Å². The van der Waals surface area contributed by atoms with Crippen LogP contribution in [-0.4, -0.2) is 36.0 Å². The van der Waals surface area contributed by atoms with Crippen LogP contribution in [0.2, 0.25) is 5.02 Å². The molecular formula is C22H27ClN2O4S. The minimum absolute atomic E-state index is 0.122. The number of Topliss-reactive ketones (excluding diaryl/α,β-unsaturated/α-hetero) is 1. The van der Waals surface area contributed by atoms with Gasteiger partial charge in [-0.05, 0) is 30.7 Å². The van der Waals surface area contributed by atoms with Crippen LogP contribution < -0.4 is 20.1 Å². The molecule has 0 radical (unpaired) electrons. The lowest BCUT2D eigenvalue weighted by Gasteiger charge is -2.14. The van der Waals surface area contributed by atoms with Gasteiger partial charge in [0.15, 0.2) is 5.78 Å². The number of hydrogen-bond donors (Lipinski definition) is 1. The van der Waals surface area contributed by atoms with Gasteiger partial charge in [-0.15, -0.1) is 11.3 Å². The number of methoxy groups -OCH3 is 1. The number of ketones is 1. The summed E-state index contributed by atoms with van der Waals surface area (Å²) in [6.07, 6.45) is 3.17. The summed E-state index contributed by atoms with van der Waals surface area (Å²) in [6, 6.07) is 6.88. The third-order valence-corrected chi connectivity index (χ3v) is 5.54. The van der Waals surface area contributed by atoms with Gasteiger partial charge in [0.25, 0.3) is 5.56 Å². The number of hydrogen-bond acceptors (Lipinski definition) is 5. The lowest BCUT2D eigenvalue weighted by atomic mass is 9.91. The Morgan fingerprint density at radius 1 is 1.27 bits per heavy atom. The van der Waals surface area contributed by atoms with E-state index in [0.29, 0.717) is 20.8 Å². The molecule has 30 heavy (non-hydrogen) atoms. The standard InChI is InChI=1S/C22H27ClN2O4S/c1-14(13-29-5)24-19(27)12-25-20(11-18(26)22(2,3)4)30-17(21(25)28)10-15-6-8-16(23)9-7-15/h6-11,14H,12-13H2,1-5H3,(H,24,27)/b17-10+,20-11-/t14-/m0/s1. The highest BCUT2D eigenvalue weighted by molar-refractivity contribution is 7.07. The molecule has 0 bridgehead atoms. The molecular weight excluding hydrogens is 424 g/mol. The molecule has 1 aromatic heterocycles. The van der Waals surface area contributed by atoms with Gasteiger partial charge in [0.1, 0.15) is 11.2 Å². The van der Waals surface area contributed by atoms with Crippen LogP contribution in [0.15, 0.2) is 29.1 Å². The molecule has 8 heteroatoms. The molecule has 0 spiro atoms. The number of rotatable bonds is 7. The first-order valence-electron chi connectivity index (χ1n) is 9.52. The number of benzene rings is 1. The molecule has 0 saturated heterocycles. The van der Waals surface area contributed by atoms with Crippen LogP contribution in [-0.2, 0) is 20.9 Å². The molecule has 1 amide bonds. The second-order valence-electron chi connectivity index (χ2n) is 8.07. The number of nitrogens with zero attached hydrogens (tertiary/aromatic N) is 1. The van der Waals surface area contributed by atoms with Crippen molar-refractivity contribution in [3.05, 3.63) is 54.4 Å². The normalized spacial score (nSPS) is 14.1. The summed E-state index contributed by atoms with van der Waals surface area (Å²) < 4.78 is 7.24. The van der Waals surface area contributed by atoms with Crippen LogP contribution in [0.25, 0.3) is 12.2 Å². The third-order valence-electron chi connectivity index (χ3n) is 4.22. The van der Waals surface area contributed by atoms with E-state index in [1.165, 1.54) is 22.0 Å². The van der Waals surface area contributed by atoms with Crippen molar-refractivity contribution in [2.24, 2.45) is 5.41 Å². The maximum absolute atomic E-state index is 13.0. The number of ether oxygens (including phenoxy) is 1. The average Bonchev–Trinajstić information content (AvgIpc) is 2.91. The van der Waals surface area contributed by atoms with Crippen LogP contribution >= 0.6 is 22.9 Å². The summed E-state index contributed by atoms with van der Waals surface area (Å²) in [4.78, 5) is 38.0. The monoisotopic (exact) mass is 450 g/mol. The van der Waals surface area contributed by atoms with Crippen LogP contribution in [0.4, 0.5) is 0 Å². The molecule has 0 aliphatic carbocycles. The van der Waals surface area contributed by atoms with E-state index < -0.39 is 5.41 Å². The number of halogens is 1. The molecule has 6 nitrogen and oxygen atoms in total. The van der Waals surface area contributed by atoms with Crippen molar-refractivity contribution in [3.8, 4) is 0 Å². The second-order valence-corrected chi connectivity index (χ2v) is 9.57. The van der Waals surface area contributed by atoms with E-state index in [1.54, 1.807) is 37.5 Å². The van der Waals surface area contributed by atoms with Crippen LogP contribution in [0.1, 0.15) is 33.3 Å². The van der Waals surface area contributed by atoms with Crippen molar-refractivity contribution in [2.45, 2.75) is 40.3 Å². The Labute approximate surface area is 184 Å². The van der Waals surface area contributed by atoms with Gasteiger partial charge in [0.2, 0.25) is 5.91 Å². The molecule has 0 aliphatic heterocycles. The second kappa shape index (κ2) is 10.2. The van der Waals surface area contributed by atoms with Crippen molar-refractivity contribution in [1.82, 2.24) is 9.88 Å². The Balaban J connectivity index is 2.52. The van der Waals surface area contributed by atoms with Crippen LogP contribution in [0.5, 0.6) is 0 Å². The van der Waals surface area contributed by atoms with Gasteiger partial charge >= 0.3 is 0 Å². The maximum atomic E-state index is 13.0. The van der Waals surface area contributed by atoms with Gasteiger partial charge in [-0.1, -0.05) is 44.5 Å². The summed E-state index contributed by atoms with van der Waals surface area (Å²) in [6.45, 7) is 7.42. The summed E-state index contributed by atoms with van der Waals surface area (Å²) in [7, 11) is 1.55. The van der Waals surface area contributed by atoms with Crippen molar-refractivity contribution in [2.75, 3.05) is 13.7 Å². The summed E-state index contributed by atoms with van der Waals surface area (Å²) >= 11 is 7.11. The van der Waals surface area contributed by atoms with E-state index in [-0.39, 0.29) is 29.8 Å². The number of nitrogens with one attached hydrogen (secondary N) is 1. The van der Waals surface area contributed by atoms with E-state index in [9.17, 15) is 14.4 Å². The average molecular weight is 451 g/mol. The lowest BCUT2D eigenvalue weighted by molar-refractivity contribution is -0.123. The summed E-state index contributed by atoms with van der Waals surface area (Å²) in [5.74, 6) is -0.445. The van der Waals surface area contributed by atoms with Crippen LogP contribution in [0.3, 0.4) is 0 Å². The predicted octanol–water partition coefficient (Wildman–Crippen LogP) is 1.94. The Hall–Kier alpha value is -2.22. The van der Waals surface area contributed by atoms with E-state index in [2.05, 4.69) is 5.32 Å². The first kappa shape index (κ1) is 24.1. The van der Waals surface area contributed by atoms with Gasteiger partial charge in [0, 0.05) is 29.7 Å². The highest BCUT2D eigenvalue weighted by Crippen LogP contribution is 2.15. The molecule has 2 rings (SSSR count). The first-order chi connectivity index (χ1) is 14.0. The molecule has 0 fully saturated rings. The zero-order valence-corrected chi connectivity index (χ0v) is 19.4. The summed E-state index contributed by atoms with van der Waals surface area (Å²) in [5, 5.41) is 3.39. The van der Waals surface area contributed by atoms with Gasteiger partial charge < -0.3 is 10.1 Å². The SMILES string of the molecule is COC[C@H](C)NC(=O)Cn1c(=O)/c(=C\c2ccc(Cl)cc2)s/c1=C\C(=O)C(C)(C)C. The minimum atomic E-state index is -0.597. The van der Waals surface area contributed by atoms with Crippen molar-refractivity contribution in [3.63, 3.8) is 0 Å². The highest BCUT2D eigenvalue weighted by atomic mass is 35.5. The molecule has 1 heterocycles. The Bertz CT molecular complexity index is 1080. The number of carbonyl (C=O) groups is 2. The largest absolute Gasteiger partial charge is 0.383 e. The quantitative estimate of drug-likeness (QED) is 0.699. The molecule has 1 aromatic carbocycles. The molecule has 1 N–H and O–H groups in total. The smallest absolute Gasteiger partial charge is 0.269 e. The van der Waals surface area contributed by atoms with Gasteiger partial charge in [-0.25, -0.2) is 0 Å². The van der Waals surface area contributed by atoms with Crippen LogP contribution in [0, 0.1) is 5.41 Å². The van der Waals surface area contributed by atoms with E-state index in [1.807, 2.05) is 27.7 Å². The zero-order chi connectivity index (χ0) is 22.5. The summed E-state index contributed by atoms with van der Waals surface area (Å²) in [5.41, 5.74) is -0.116. The van der Waals surface area contributed by atoms with Gasteiger partial charge in [-0.3, -0.25) is 19.0 Å². The Kier molecular flexibility index (Phi) is 8.18. The zero-order valence-electron chi connectivity index (χ0n) is 17.8. The Morgan fingerprint density at radius 3 is 2.47 bits per heavy atom.